The van der Waals surface area contributed by atoms with Crippen molar-refractivity contribution in [1.29, 1.82) is 0 Å². The number of aromatic nitrogens is 2. The molecular formula is C20H17ClN4O2S. The fourth-order valence-electron chi connectivity index (χ4n) is 2.96. The highest BCUT2D eigenvalue weighted by Gasteiger charge is 2.26. The topological polar surface area (TPSA) is 76.0 Å². The van der Waals surface area contributed by atoms with E-state index in [0.717, 1.165) is 34.0 Å². The van der Waals surface area contributed by atoms with Crippen molar-refractivity contribution < 1.29 is 9.59 Å². The number of halogens is 1. The van der Waals surface area contributed by atoms with Gasteiger partial charge in [-0.3, -0.25) is 9.59 Å². The Morgan fingerprint density at radius 3 is 2.57 bits per heavy atom. The Morgan fingerprint density at radius 2 is 1.79 bits per heavy atom. The Balaban J connectivity index is 1.51. The van der Waals surface area contributed by atoms with Crippen molar-refractivity contribution in [2.45, 2.75) is 18.1 Å². The van der Waals surface area contributed by atoms with Crippen molar-refractivity contribution in [3.05, 3.63) is 76.4 Å². The molecule has 0 saturated carbocycles. The van der Waals surface area contributed by atoms with E-state index >= 15 is 0 Å². The molecule has 0 radical (unpaired) electrons. The van der Waals surface area contributed by atoms with Crippen molar-refractivity contribution in [3.63, 3.8) is 0 Å². The van der Waals surface area contributed by atoms with Crippen LogP contribution in [0.3, 0.4) is 0 Å². The minimum Gasteiger partial charge on any atom is -0.344 e. The molecule has 3 aromatic rings. The van der Waals surface area contributed by atoms with Crippen LogP contribution in [0.2, 0.25) is 5.02 Å². The van der Waals surface area contributed by atoms with E-state index in [1.807, 2.05) is 42.5 Å². The first-order valence-corrected chi connectivity index (χ1v) is 10.2. The molecule has 2 N–H and O–H groups in total. The molecule has 142 valence electrons. The maximum atomic E-state index is 12.5. The van der Waals surface area contributed by atoms with E-state index in [1.54, 1.807) is 28.6 Å². The molecule has 0 unspecified atom stereocenters. The number of nitrogens with zero attached hydrogens (tertiary/aromatic N) is 2. The third-order valence-corrected chi connectivity index (χ3v) is 5.73. The molecule has 2 amide bonds. The standard InChI is InChI=1S/C20H17ClN4O2S/c21-16-9-5-4-6-13(16)10-22-19(26)20(27)23-18-15-11-28-12-17(15)24-25(18)14-7-2-1-3-8-14/h1-9H,10-12H2,(H,22,26)(H,23,27). The maximum Gasteiger partial charge on any atom is 0.314 e. The van der Waals surface area contributed by atoms with Crippen LogP contribution in [0.1, 0.15) is 16.8 Å². The van der Waals surface area contributed by atoms with Crippen molar-refractivity contribution in [1.82, 2.24) is 15.1 Å². The number of hydrogen-bond donors (Lipinski definition) is 2. The van der Waals surface area contributed by atoms with Crippen LogP contribution in [-0.4, -0.2) is 21.6 Å². The minimum atomic E-state index is -0.733. The number of carbonyl (C=O) groups excluding carboxylic acids is 2. The van der Waals surface area contributed by atoms with Gasteiger partial charge in [0.15, 0.2) is 0 Å². The predicted molar refractivity (Wildman–Crippen MR) is 110 cm³/mol. The first-order chi connectivity index (χ1) is 13.6. The van der Waals surface area contributed by atoms with E-state index in [4.69, 9.17) is 11.6 Å². The van der Waals surface area contributed by atoms with Crippen molar-refractivity contribution in [2.24, 2.45) is 0 Å². The molecule has 0 saturated heterocycles. The van der Waals surface area contributed by atoms with Crippen molar-refractivity contribution in [2.75, 3.05) is 5.32 Å². The van der Waals surface area contributed by atoms with Crippen LogP contribution in [0.15, 0.2) is 54.6 Å². The summed E-state index contributed by atoms with van der Waals surface area (Å²) in [5.74, 6) is 0.628. The molecule has 0 aliphatic carbocycles. The smallest absolute Gasteiger partial charge is 0.314 e. The second-order valence-corrected chi connectivity index (χ2v) is 7.64. The van der Waals surface area contributed by atoms with E-state index in [9.17, 15) is 9.59 Å². The largest absolute Gasteiger partial charge is 0.344 e. The average molecular weight is 413 g/mol. The zero-order chi connectivity index (χ0) is 19.5. The lowest BCUT2D eigenvalue weighted by Crippen LogP contribution is -2.35. The molecule has 4 rings (SSSR count). The Hall–Kier alpha value is -2.77. The summed E-state index contributed by atoms with van der Waals surface area (Å²) in [5.41, 5.74) is 3.47. The molecule has 0 fully saturated rings. The third kappa shape index (κ3) is 3.76. The van der Waals surface area contributed by atoms with Gasteiger partial charge in [-0.05, 0) is 23.8 Å². The van der Waals surface area contributed by atoms with Gasteiger partial charge >= 0.3 is 11.8 Å². The third-order valence-electron chi connectivity index (χ3n) is 4.39. The highest BCUT2D eigenvalue weighted by molar-refractivity contribution is 7.98. The summed E-state index contributed by atoms with van der Waals surface area (Å²) in [7, 11) is 0. The second kappa shape index (κ2) is 8.08. The number of fused-ring (bicyclic) bond motifs is 1. The van der Waals surface area contributed by atoms with E-state index in [1.165, 1.54) is 0 Å². The van der Waals surface area contributed by atoms with Crippen LogP contribution in [0, 0.1) is 0 Å². The summed E-state index contributed by atoms with van der Waals surface area (Å²) in [6, 6.07) is 16.7. The fraction of sp³-hybridized carbons (Fsp3) is 0.150. The number of thioether (sulfide) groups is 1. The molecule has 0 spiro atoms. The number of anilines is 1. The van der Waals surface area contributed by atoms with Gasteiger partial charge in [0.2, 0.25) is 0 Å². The van der Waals surface area contributed by atoms with Crippen molar-refractivity contribution >= 4 is 41.0 Å². The summed E-state index contributed by atoms with van der Waals surface area (Å²) >= 11 is 7.82. The first kappa shape index (κ1) is 18.6. The summed E-state index contributed by atoms with van der Waals surface area (Å²) in [5, 5.41) is 10.5. The number of nitrogens with one attached hydrogen (secondary N) is 2. The van der Waals surface area contributed by atoms with Gasteiger partial charge in [-0.15, -0.1) is 0 Å². The lowest BCUT2D eigenvalue weighted by molar-refractivity contribution is -0.136. The van der Waals surface area contributed by atoms with Crippen LogP contribution in [-0.2, 0) is 27.6 Å². The van der Waals surface area contributed by atoms with E-state index in [0.29, 0.717) is 10.8 Å². The summed E-state index contributed by atoms with van der Waals surface area (Å²) < 4.78 is 1.68. The number of carbonyl (C=O) groups is 2. The zero-order valence-corrected chi connectivity index (χ0v) is 16.4. The van der Waals surface area contributed by atoms with Crippen LogP contribution in [0.5, 0.6) is 0 Å². The number of benzene rings is 2. The van der Waals surface area contributed by atoms with Crippen LogP contribution < -0.4 is 10.6 Å². The lowest BCUT2D eigenvalue weighted by Gasteiger charge is -2.11. The minimum absolute atomic E-state index is 0.178. The molecule has 0 atom stereocenters. The number of hydrogen-bond acceptors (Lipinski definition) is 4. The molecule has 28 heavy (non-hydrogen) atoms. The lowest BCUT2D eigenvalue weighted by atomic mass is 10.2. The number of amides is 2. The Bertz CT molecular complexity index is 1040. The highest BCUT2D eigenvalue weighted by atomic mass is 35.5. The molecule has 1 aliphatic heterocycles. The van der Waals surface area contributed by atoms with Crippen LogP contribution in [0.25, 0.3) is 5.69 Å². The zero-order valence-electron chi connectivity index (χ0n) is 14.8. The molecule has 8 heteroatoms. The van der Waals surface area contributed by atoms with Gasteiger partial charge in [0.1, 0.15) is 5.82 Å². The molecular weight excluding hydrogens is 396 g/mol. The number of para-hydroxylation sites is 1. The quantitative estimate of drug-likeness (QED) is 0.643. The van der Waals surface area contributed by atoms with Crippen LogP contribution >= 0.6 is 23.4 Å². The van der Waals surface area contributed by atoms with E-state index in [2.05, 4.69) is 15.7 Å². The highest BCUT2D eigenvalue weighted by Crippen LogP contribution is 2.36. The SMILES string of the molecule is O=C(NCc1ccccc1Cl)C(=O)Nc1c2c(nn1-c1ccccc1)CSC2. The first-order valence-electron chi connectivity index (χ1n) is 8.70. The molecule has 2 heterocycles. The Morgan fingerprint density at radius 1 is 1.04 bits per heavy atom. The van der Waals surface area contributed by atoms with Crippen LogP contribution in [0.4, 0.5) is 5.82 Å². The summed E-state index contributed by atoms with van der Waals surface area (Å²) in [6.07, 6.45) is 0. The number of rotatable bonds is 4. The molecule has 1 aromatic heterocycles. The molecule has 6 nitrogen and oxygen atoms in total. The predicted octanol–water partition coefficient (Wildman–Crippen LogP) is 3.53. The fourth-order valence-corrected chi connectivity index (χ4v) is 4.20. The van der Waals surface area contributed by atoms with Gasteiger partial charge in [-0.25, -0.2) is 4.68 Å². The summed E-state index contributed by atoms with van der Waals surface area (Å²) in [4.78, 5) is 24.8. The maximum absolute atomic E-state index is 12.5. The van der Waals surface area contributed by atoms with Crippen molar-refractivity contribution in [3.8, 4) is 5.69 Å². The Kier molecular flexibility index (Phi) is 5.36. The summed E-state index contributed by atoms with van der Waals surface area (Å²) in [6.45, 7) is 0.178. The van der Waals surface area contributed by atoms with Gasteiger partial charge in [0.05, 0.1) is 11.4 Å². The van der Waals surface area contributed by atoms with E-state index in [-0.39, 0.29) is 6.54 Å². The monoisotopic (exact) mass is 412 g/mol. The van der Waals surface area contributed by atoms with Gasteiger partial charge in [-0.2, -0.15) is 16.9 Å². The molecule has 0 bridgehead atoms. The normalized spacial score (nSPS) is 12.5. The average Bonchev–Trinajstić information content (AvgIpc) is 3.30. The second-order valence-electron chi connectivity index (χ2n) is 6.24. The van der Waals surface area contributed by atoms with Gasteiger partial charge in [0, 0.05) is 28.6 Å². The van der Waals surface area contributed by atoms with Gasteiger partial charge in [-0.1, -0.05) is 48.0 Å². The van der Waals surface area contributed by atoms with E-state index < -0.39 is 11.8 Å². The van der Waals surface area contributed by atoms with Gasteiger partial charge in [0.25, 0.3) is 0 Å². The molecule has 2 aromatic carbocycles. The molecule has 1 aliphatic rings. The van der Waals surface area contributed by atoms with Gasteiger partial charge < -0.3 is 10.6 Å². The Labute approximate surface area is 171 Å².